The van der Waals surface area contributed by atoms with E-state index in [1.165, 1.54) is 11.1 Å². The van der Waals surface area contributed by atoms with Crippen LogP contribution in [0.15, 0.2) is 35.0 Å². The van der Waals surface area contributed by atoms with Gasteiger partial charge in [-0.15, -0.1) is 0 Å². The van der Waals surface area contributed by atoms with E-state index in [-0.39, 0.29) is 5.91 Å². The number of hydrogen-bond donors (Lipinski definition) is 2. The van der Waals surface area contributed by atoms with Gasteiger partial charge in [0.15, 0.2) is 0 Å². The van der Waals surface area contributed by atoms with Gasteiger partial charge in [-0.05, 0) is 59.1 Å². The molecule has 5 heteroatoms. The number of rotatable bonds is 2. The van der Waals surface area contributed by atoms with Gasteiger partial charge in [-0.3, -0.25) is 4.79 Å². The predicted molar refractivity (Wildman–Crippen MR) is 94.0 cm³/mol. The standard InChI is InChI=1S/C18H21N3OS/c1-21(2)18(22)11-3-4-15-14(9-11)17-13(5-7-19-17)16(20-15)12-6-8-23-10-12/h3-4,6,8-10,13,16-17,19-20H,5,7H2,1-2H3. The van der Waals surface area contributed by atoms with Gasteiger partial charge in [0.05, 0.1) is 6.04 Å². The topological polar surface area (TPSA) is 44.4 Å². The number of benzene rings is 1. The van der Waals surface area contributed by atoms with Crippen LogP contribution in [0, 0.1) is 5.92 Å². The highest BCUT2D eigenvalue weighted by Gasteiger charge is 2.40. The van der Waals surface area contributed by atoms with Crippen LogP contribution < -0.4 is 10.6 Å². The Morgan fingerprint density at radius 2 is 2.13 bits per heavy atom. The number of carbonyl (C=O) groups is 1. The van der Waals surface area contributed by atoms with Crippen molar-refractivity contribution in [1.29, 1.82) is 0 Å². The highest BCUT2D eigenvalue weighted by atomic mass is 32.1. The molecule has 0 aliphatic carbocycles. The molecule has 1 aromatic carbocycles. The van der Waals surface area contributed by atoms with Gasteiger partial charge in [-0.2, -0.15) is 11.3 Å². The van der Waals surface area contributed by atoms with Crippen LogP contribution >= 0.6 is 11.3 Å². The summed E-state index contributed by atoms with van der Waals surface area (Å²) in [7, 11) is 3.59. The first-order chi connectivity index (χ1) is 11.1. The van der Waals surface area contributed by atoms with Gasteiger partial charge in [0.2, 0.25) is 0 Å². The molecular formula is C18H21N3OS. The quantitative estimate of drug-likeness (QED) is 0.890. The third kappa shape index (κ3) is 2.44. The number of carbonyl (C=O) groups excluding carboxylic acids is 1. The van der Waals surface area contributed by atoms with Crippen molar-refractivity contribution in [3.63, 3.8) is 0 Å². The molecule has 1 amide bonds. The molecule has 120 valence electrons. The smallest absolute Gasteiger partial charge is 0.253 e. The molecule has 2 aliphatic heterocycles. The van der Waals surface area contributed by atoms with Crippen molar-refractivity contribution in [3.8, 4) is 0 Å². The molecule has 1 aromatic heterocycles. The minimum Gasteiger partial charge on any atom is -0.378 e. The number of fused-ring (bicyclic) bond motifs is 3. The van der Waals surface area contributed by atoms with Crippen molar-refractivity contribution in [2.45, 2.75) is 18.5 Å². The van der Waals surface area contributed by atoms with Crippen molar-refractivity contribution < 1.29 is 4.79 Å². The second kappa shape index (κ2) is 5.65. The van der Waals surface area contributed by atoms with Gasteiger partial charge in [0, 0.05) is 37.3 Å². The van der Waals surface area contributed by atoms with Gasteiger partial charge >= 0.3 is 0 Å². The minimum absolute atomic E-state index is 0.0577. The second-order valence-corrected chi connectivity index (χ2v) is 7.34. The first kappa shape index (κ1) is 14.7. The van der Waals surface area contributed by atoms with Crippen molar-refractivity contribution in [1.82, 2.24) is 10.2 Å². The van der Waals surface area contributed by atoms with E-state index in [1.54, 1.807) is 30.3 Å². The van der Waals surface area contributed by atoms with E-state index in [9.17, 15) is 4.79 Å². The first-order valence-corrected chi connectivity index (χ1v) is 8.97. The lowest BCUT2D eigenvalue weighted by molar-refractivity contribution is 0.0827. The van der Waals surface area contributed by atoms with Crippen LogP contribution in [-0.2, 0) is 0 Å². The number of nitrogens with zero attached hydrogens (tertiary/aromatic N) is 1. The molecule has 4 rings (SSSR count). The molecule has 3 unspecified atom stereocenters. The molecule has 0 bridgehead atoms. The molecule has 3 atom stereocenters. The normalized spacial score (nSPS) is 25.4. The molecule has 0 radical (unpaired) electrons. The lowest BCUT2D eigenvalue weighted by atomic mass is 9.80. The van der Waals surface area contributed by atoms with E-state index in [1.807, 2.05) is 6.07 Å². The lowest BCUT2D eigenvalue weighted by Gasteiger charge is -2.37. The Morgan fingerprint density at radius 1 is 1.26 bits per heavy atom. The third-order valence-corrected chi connectivity index (χ3v) is 5.65. The van der Waals surface area contributed by atoms with Gasteiger partial charge in [-0.25, -0.2) is 0 Å². The lowest BCUT2D eigenvalue weighted by Crippen LogP contribution is -2.32. The summed E-state index contributed by atoms with van der Waals surface area (Å²) in [6.07, 6.45) is 1.16. The first-order valence-electron chi connectivity index (χ1n) is 8.03. The minimum atomic E-state index is 0.0577. The van der Waals surface area contributed by atoms with E-state index in [2.05, 4.69) is 39.6 Å². The van der Waals surface area contributed by atoms with Crippen LogP contribution in [0.5, 0.6) is 0 Å². The van der Waals surface area contributed by atoms with Crippen LogP contribution in [0.3, 0.4) is 0 Å². The molecular weight excluding hydrogens is 306 g/mol. The molecule has 2 aliphatic rings. The summed E-state index contributed by atoms with van der Waals surface area (Å²) in [5, 5.41) is 11.7. The highest BCUT2D eigenvalue weighted by molar-refractivity contribution is 7.08. The zero-order chi connectivity index (χ0) is 16.0. The fraction of sp³-hybridized carbons (Fsp3) is 0.389. The van der Waals surface area contributed by atoms with Crippen molar-refractivity contribution in [2.24, 2.45) is 5.92 Å². The fourth-order valence-electron chi connectivity index (χ4n) is 3.82. The highest BCUT2D eigenvalue weighted by Crippen LogP contribution is 2.47. The number of anilines is 1. The van der Waals surface area contributed by atoms with Crippen LogP contribution in [0.1, 0.15) is 40.0 Å². The Balaban J connectivity index is 1.74. The number of thiophene rings is 1. The fourth-order valence-corrected chi connectivity index (χ4v) is 4.52. The SMILES string of the molecule is CN(C)C(=O)c1ccc2c(c1)C1NCCC1C(c1ccsc1)N2. The molecule has 2 N–H and O–H groups in total. The van der Waals surface area contributed by atoms with Crippen molar-refractivity contribution >= 4 is 22.9 Å². The Kier molecular flexibility index (Phi) is 3.62. The van der Waals surface area contributed by atoms with E-state index < -0.39 is 0 Å². The Hall–Kier alpha value is -1.85. The van der Waals surface area contributed by atoms with E-state index >= 15 is 0 Å². The molecule has 3 heterocycles. The summed E-state index contributed by atoms with van der Waals surface area (Å²) < 4.78 is 0. The summed E-state index contributed by atoms with van der Waals surface area (Å²) in [4.78, 5) is 13.9. The molecule has 2 aromatic rings. The van der Waals surface area contributed by atoms with Crippen molar-refractivity contribution in [3.05, 3.63) is 51.7 Å². The van der Waals surface area contributed by atoms with Crippen LogP contribution in [-0.4, -0.2) is 31.4 Å². The average Bonchev–Trinajstić information content (AvgIpc) is 3.24. The molecule has 0 spiro atoms. The number of amides is 1. The maximum Gasteiger partial charge on any atom is 0.253 e. The second-order valence-electron chi connectivity index (χ2n) is 6.56. The van der Waals surface area contributed by atoms with Crippen LogP contribution in [0.25, 0.3) is 0 Å². The van der Waals surface area contributed by atoms with Gasteiger partial charge in [-0.1, -0.05) is 0 Å². The predicted octanol–water partition coefficient (Wildman–Crippen LogP) is 3.27. The Morgan fingerprint density at radius 3 is 2.87 bits per heavy atom. The summed E-state index contributed by atoms with van der Waals surface area (Å²) in [6, 6.07) is 8.93. The zero-order valence-corrected chi connectivity index (χ0v) is 14.2. The molecule has 4 nitrogen and oxygen atoms in total. The summed E-state index contributed by atoms with van der Waals surface area (Å²) in [5.74, 6) is 0.587. The van der Waals surface area contributed by atoms with Gasteiger partial charge < -0.3 is 15.5 Å². The monoisotopic (exact) mass is 327 g/mol. The molecule has 1 fully saturated rings. The molecule has 0 saturated carbocycles. The van der Waals surface area contributed by atoms with Crippen LogP contribution in [0.2, 0.25) is 0 Å². The van der Waals surface area contributed by atoms with Crippen molar-refractivity contribution in [2.75, 3.05) is 26.0 Å². The summed E-state index contributed by atoms with van der Waals surface area (Å²) in [6.45, 7) is 1.03. The Labute approximate surface area is 140 Å². The summed E-state index contributed by atoms with van der Waals surface area (Å²) >= 11 is 1.75. The third-order valence-electron chi connectivity index (χ3n) is 4.95. The average molecular weight is 327 g/mol. The molecule has 1 saturated heterocycles. The number of nitrogens with one attached hydrogen (secondary N) is 2. The molecule has 23 heavy (non-hydrogen) atoms. The number of hydrogen-bond acceptors (Lipinski definition) is 4. The van der Waals surface area contributed by atoms with E-state index in [4.69, 9.17) is 0 Å². The van der Waals surface area contributed by atoms with E-state index in [0.29, 0.717) is 18.0 Å². The Bertz CT molecular complexity index is 726. The summed E-state index contributed by atoms with van der Waals surface area (Å²) in [5.41, 5.74) is 4.50. The van der Waals surface area contributed by atoms with Gasteiger partial charge in [0.25, 0.3) is 5.91 Å². The largest absolute Gasteiger partial charge is 0.378 e. The maximum atomic E-state index is 12.3. The van der Waals surface area contributed by atoms with Gasteiger partial charge in [0.1, 0.15) is 0 Å². The van der Waals surface area contributed by atoms with E-state index in [0.717, 1.165) is 24.2 Å². The van der Waals surface area contributed by atoms with Crippen LogP contribution in [0.4, 0.5) is 5.69 Å². The zero-order valence-electron chi connectivity index (χ0n) is 13.4. The maximum absolute atomic E-state index is 12.3.